The van der Waals surface area contributed by atoms with Crippen LogP contribution in [0.1, 0.15) is 16.2 Å². The second kappa shape index (κ2) is 6.18. The second-order valence-electron chi connectivity index (χ2n) is 4.97. The third-order valence-electron chi connectivity index (χ3n) is 3.39. The van der Waals surface area contributed by atoms with E-state index in [2.05, 4.69) is 15.4 Å². The van der Waals surface area contributed by atoms with Gasteiger partial charge in [-0.05, 0) is 30.3 Å². The van der Waals surface area contributed by atoms with Crippen molar-refractivity contribution in [2.24, 2.45) is 7.05 Å². The normalized spacial score (nSPS) is 10.7. The molecule has 0 aliphatic heterocycles. The zero-order valence-corrected chi connectivity index (χ0v) is 13.0. The number of halogens is 1. The summed E-state index contributed by atoms with van der Waals surface area (Å²) >= 11 is 5.94. The number of nitrogens with zero attached hydrogens (tertiary/aromatic N) is 3. The third kappa shape index (κ3) is 3.07. The Morgan fingerprint density at radius 1 is 1.30 bits per heavy atom. The van der Waals surface area contributed by atoms with Crippen LogP contribution in [-0.4, -0.2) is 20.7 Å². The minimum atomic E-state index is -0.543. The minimum Gasteiger partial charge on any atom is -0.345 e. The minimum absolute atomic E-state index is 0.168. The van der Waals surface area contributed by atoms with Crippen molar-refractivity contribution in [1.82, 2.24) is 20.1 Å². The lowest BCUT2D eigenvalue weighted by Gasteiger charge is -2.08. The monoisotopic (exact) mass is 328 g/mol. The van der Waals surface area contributed by atoms with Crippen LogP contribution in [0.2, 0.25) is 5.02 Å². The van der Waals surface area contributed by atoms with E-state index in [4.69, 9.17) is 11.6 Å². The summed E-state index contributed by atoms with van der Waals surface area (Å²) in [7, 11) is 1.67. The van der Waals surface area contributed by atoms with Gasteiger partial charge in [0.05, 0.1) is 23.1 Å². The van der Waals surface area contributed by atoms with Crippen LogP contribution in [0.4, 0.5) is 0 Å². The maximum Gasteiger partial charge on any atom is 0.276 e. The molecule has 2 aromatic heterocycles. The highest BCUT2D eigenvalue weighted by Crippen LogP contribution is 2.15. The van der Waals surface area contributed by atoms with Gasteiger partial charge in [0.25, 0.3) is 5.91 Å². The molecule has 3 aromatic rings. The molecule has 0 spiro atoms. The van der Waals surface area contributed by atoms with Crippen molar-refractivity contribution in [1.29, 1.82) is 0 Å². The predicted octanol–water partition coefficient (Wildman–Crippen LogP) is 1.91. The Hall–Kier alpha value is -2.73. The molecule has 0 aliphatic rings. The van der Waals surface area contributed by atoms with Crippen LogP contribution in [-0.2, 0) is 13.6 Å². The molecule has 0 atom stereocenters. The molecule has 23 heavy (non-hydrogen) atoms. The van der Waals surface area contributed by atoms with Crippen LogP contribution in [0.25, 0.3) is 10.9 Å². The number of nitrogens with one attached hydrogen (secondary N) is 1. The number of hydrogen-bond donors (Lipinski definition) is 1. The summed E-state index contributed by atoms with van der Waals surface area (Å²) in [4.78, 5) is 28.9. The van der Waals surface area contributed by atoms with E-state index in [0.29, 0.717) is 21.6 Å². The van der Waals surface area contributed by atoms with E-state index >= 15 is 0 Å². The SMILES string of the molecule is Cn1nc(C(=O)NCc2ccccn2)c(=O)c2cc(Cl)ccc21. The topological polar surface area (TPSA) is 76.9 Å². The largest absolute Gasteiger partial charge is 0.345 e. The molecule has 0 fully saturated rings. The number of carbonyl (C=O) groups is 1. The first-order valence-corrected chi connectivity index (χ1v) is 7.29. The average molecular weight is 329 g/mol. The summed E-state index contributed by atoms with van der Waals surface area (Å²) in [5, 5.41) is 7.51. The van der Waals surface area contributed by atoms with Crippen molar-refractivity contribution in [3.05, 3.63) is 69.2 Å². The Balaban J connectivity index is 1.94. The number of hydrogen-bond acceptors (Lipinski definition) is 4. The lowest BCUT2D eigenvalue weighted by atomic mass is 10.2. The Kier molecular flexibility index (Phi) is 4.08. The van der Waals surface area contributed by atoms with Gasteiger partial charge in [-0.2, -0.15) is 5.10 Å². The Bertz CT molecular complexity index is 938. The maximum absolute atomic E-state index is 12.5. The number of carbonyl (C=O) groups excluding carboxylic acids is 1. The Morgan fingerprint density at radius 3 is 2.87 bits per heavy atom. The van der Waals surface area contributed by atoms with Crippen molar-refractivity contribution in [3.63, 3.8) is 0 Å². The van der Waals surface area contributed by atoms with Gasteiger partial charge in [-0.1, -0.05) is 17.7 Å². The van der Waals surface area contributed by atoms with Gasteiger partial charge in [0.15, 0.2) is 5.69 Å². The standard InChI is InChI=1S/C16H13ClN4O2/c1-21-13-6-5-10(17)8-12(13)15(22)14(20-21)16(23)19-9-11-4-2-3-7-18-11/h2-8H,9H2,1H3,(H,19,23). The average Bonchev–Trinajstić information content (AvgIpc) is 2.56. The van der Waals surface area contributed by atoms with Crippen LogP contribution in [0.3, 0.4) is 0 Å². The molecule has 1 amide bonds. The molecule has 1 N–H and O–H groups in total. The molecule has 7 heteroatoms. The third-order valence-corrected chi connectivity index (χ3v) is 3.62. The molecule has 0 radical (unpaired) electrons. The van der Waals surface area contributed by atoms with Crippen LogP contribution >= 0.6 is 11.6 Å². The molecular weight excluding hydrogens is 316 g/mol. The first kappa shape index (κ1) is 15.2. The number of aryl methyl sites for hydroxylation is 1. The summed E-state index contributed by atoms with van der Waals surface area (Å²) in [6.45, 7) is 0.220. The van der Waals surface area contributed by atoms with E-state index in [-0.39, 0.29) is 12.2 Å². The molecule has 1 aromatic carbocycles. The quantitative estimate of drug-likeness (QED) is 0.796. The van der Waals surface area contributed by atoms with E-state index in [9.17, 15) is 9.59 Å². The van der Waals surface area contributed by atoms with Crippen LogP contribution in [0, 0.1) is 0 Å². The molecule has 0 saturated heterocycles. The van der Waals surface area contributed by atoms with Gasteiger partial charge in [0.2, 0.25) is 5.43 Å². The maximum atomic E-state index is 12.5. The molecule has 2 heterocycles. The number of aromatic nitrogens is 3. The van der Waals surface area contributed by atoms with Crippen molar-refractivity contribution in [3.8, 4) is 0 Å². The van der Waals surface area contributed by atoms with Gasteiger partial charge in [-0.25, -0.2) is 0 Å². The first-order chi connectivity index (χ1) is 11.1. The molecular formula is C16H13ClN4O2. The Labute approximate surface area is 136 Å². The van der Waals surface area contributed by atoms with Gasteiger partial charge < -0.3 is 5.32 Å². The molecule has 0 aliphatic carbocycles. The van der Waals surface area contributed by atoms with Crippen molar-refractivity contribution in [2.45, 2.75) is 6.54 Å². The fourth-order valence-corrected chi connectivity index (χ4v) is 2.43. The highest BCUT2D eigenvalue weighted by molar-refractivity contribution is 6.31. The van der Waals surface area contributed by atoms with E-state index in [1.54, 1.807) is 37.5 Å². The van der Waals surface area contributed by atoms with Gasteiger partial charge >= 0.3 is 0 Å². The molecule has 0 unspecified atom stereocenters. The molecule has 0 saturated carbocycles. The summed E-state index contributed by atoms with van der Waals surface area (Å²) in [5.74, 6) is -0.543. The van der Waals surface area contributed by atoms with E-state index < -0.39 is 11.3 Å². The van der Waals surface area contributed by atoms with Gasteiger partial charge in [0, 0.05) is 18.3 Å². The zero-order valence-electron chi connectivity index (χ0n) is 12.3. The zero-order chi connectivity index (χ0) is 16.4. The number of pyridine rings is 1. The van der Waals surface area contributed by atoms with Gasteiger partial charge in [-0.3, -0.25) is 19.3 Å². The number of benzene rings is 1. The summed E-state index contributed by atoms with van der Waals surface area (Å²) in [6.07, 6.45) is 1.64. The lowest BCUT2D eigenvalue weighted by molar-refractivity contribution is 0.0942. The second-order valence-corrected chi connectivity index (χ2v) is 5.40. The fourth-order valence-electron chi connectivity index (χ4n) is 2.25. The Morgan fingerprint density at radius 2 is 2.13 bits per heavy atom. The summed E-state index contributed by atoms with van der Waals surface area (Å²) in [5.41, 5.74) is 0.694. The summed E-state index contributed by atoms with van der Waals surface area (Å²) in [6, 6.07) is 10.3. The summed E-state index contributed by atoms with van der Waals surface area (Å²) < 4.78 is 1.49. The van der Waals surface area contributed by atoms with E-state index in [0.717, 1.165) is 0 Å². The molecule has 3 rings (SSSR count). The van der Waals surface area contributed by atoms with E-state index in [1.165, 1.54) is 10.7 Å². The van der Waals surface area contributed by atoms with Crippen molar-refractivity contribution >= 4 is 28.4 Å². The number of fused-ring (bicyclic) bond motifs is 1. The van der Waals surface area contributed by atoms with Crippen molar-refractivity contribution in [2.75, 3.05) is 0 Å². The highest BCUT2D eigenvalue weighted by atomic mass is 35.5. The predicted molar refractivity (Wildman–Crippen MR) is 87.4 cm³/mol. The number of amides is 1. The van der Waals surface area contributed by atoms with E-state index in [1.807, 2.05) is 6.07 Å². The molecule has 116 valence electrons. The van der Waals surface area contributed by atoms with Crippen LogP contribution in [0.15, 0.2) is 47.4 Å². The van der Waals surface area contributed by atoms with Gasteiger partial charge in [-0.15, -0.1) is 0 Å². The van der Waals surface area contributed by atoms with Crippen molar-refractivity contribution < 1.29 is 4.79 Å². The molecule has 0 bridgehead atoms. The first-order valence-electron chi connectivity index (χ1n) is 6.91. The smallest absolute Gasteiger partial charge is 0.276 e. The fraction of sp³-hybridized carbons (Fsp3) is 0.125. The van der Waals surface area contributed by atoms with Crippen LogP contribution in [0.5, 0.6) is 0 Å². The highest BCUT2D eigenvalue weighted by Gasteiger charge is 2.16. The molecule has 6 nitrogen and oxygen atoms in total. The van der Waals surface area contributed by atoms with Gasteiger partial charge in [0.1, 0.15) is 0 Å². The lowest BCUT2D eigenvalue weighted by Crippen LogP contribution is -2.31. The number of rotatable bonds is 3. The van der Waals surface area contributed by atoms with Crippen LogP contribution < -0.4 is 10.7 Å².